The Morgan fingerprint density at radius 2 is 1.94 bits per heavy atom. The Morgan fingerprint density at radius 3 is 2.44 bits per heavy atom. The molecule has 1 saturated heterocycles. The number of hydrogen-bond acceptors (Lipinski definition) is 6. The average Bonchev–Trinajstić information content (AvgIpc) is 2.82. The molecule has 1 fully saturated rings. The Labute approximate surface area is 105 Å². The predicted octanol–water partition coefficient (Wildman–Crippen LogP) is 0.507. The summed E-state index contributed by atoms with van der Waals surface area (Å²) in [6.07, 6.45) is 1.00. The number of aromatic nitrogens is 2. The summed E-state index contributed by atoms with van der Waals surface area (Å²) in [5.74, 6) is 0.220. The molecule has 6 nitrogen and oxygen atoms in total. The molecule has 0 aromatic carbocycles. The van der Waals surface area contributed by atoms with Crippen LogP contribution in [0, 0.1) is 5.82 Å². The largest absolute Gasteiger partial charge is 0.377 e. The zero-order valence-electron chi connectivity index (χ0n) is 10.7. The number of anilines is 2. The first-order valence-corrected chi connectivity index (χ1v) is 5.70. The second-order valence-electron chi connectivity index (χ2n) is 4.07. The molecule has 1 aromatic heterocycles. The van der Waals surface area contributed by atoms with E-state index in [1.165, 1.54) is 0 Å². The highest BCUT2D eigenvalue weighted by atomic mass is 19.1. The lowest BCUT2D eigenvalue weighted by molar-refractivity contribution is -0.00461. The van der Waals surface area contributed by atoms with E-state index in [4.69, 9.17) is 9.47 Å². The quantitative estimate of drug-likeness (QED) is 0.847. The van der Waals surface area contributed by atoms with Crippen LogP contribution in [0.3, 0.4) is 0 Å². The van der Waals surface area contributed by atoms with Gasteiger partial charge in [-0.1, -0.05) is 0 Å². The van der Waals surface area contributed by atoms with Crippen molar-refractivity contribution >= 4 is 11.8 Å². The van der Waals surface area contributed by atoms with Gasteiger partial charge in [-0.2, -0.15) is 4.98 Å². The molecular formula is C11H17FN4O2. The number of halogens is 1. The summed E-state index contributed by atoms with van der Waals surface area (Å²) in [5, 5.41) is 2.79. The van der Waals surface area contributed by atoms with Crippen molar-refractivity contribution in [2.45, 2.75) is 12.2 Å². The molecular weight excluding hydrogens is 239 g/mol. The van der Waals surface area contributed by atoms with Crippen LogP contribution in [0.25, 0.3) is 0 Å². The van der Waals surface area contributed by atoms with E-state index >= 15 is 0 Å². The number of rotatable bonds is 4. The van der Waals surface area contributed by atoms with Crippen molar-refractivity contribution in [2.75, 3.05) is 44.6 Å². The van der Waals surface area contributed by atoms with E-state index in [0.29, 0.717) is 19.0 Å². The summed E-state index contributed by atoms with van der Waals surface area (Å²) < 4.78 is 24.4. The molecule has 0 spiro atoms. The van der Waals surface area contributed by atoms with Crippen molar-refractivity contribution in [3.8, 4) is 0 Å². The minimum atomic E-state index is -0.444. The fraction of sp³-hybridized carbons (Fsp3) is 0.636. The van der Waals surface area contributed by atoms with Gasteiger partial charge in [0.2, 0.25) is 5.95 Å². The van der Waals surface area contributed by atoms with Crippen LogP contribution < -0.4 is 10.2 Å². The topological polar surface area (TPSA) is 59.5 Å². The Bertz CT molecular complexity index is 406. The first kappa shape index (κ1) is 13.0. The van der Waals surface area contributed by atoms with Gasteiger partial charge in [0.25, 0.3) is 0 Å². The molecule has 0 bridgehead atoms. The molecule has 100 valence electrons. The van der Waals surface area contributed by atoms with Gasteiger partial charge in [-0.3, -0.25) is 0 Å². The number of ether oxygens (including phenoxy) is 2. The van der Waals surface area contributed by atoms with E-state index < -0.39 is 5.82 Å². The van der Waals surface area contributed by atoms with Crippen molar-refractivity contribution in [1.82, 2.24) is 9.97 Å². The third-order valence-corrected chi connectivity index (χ3v) is 3.07. The minimum Gasteiger partial charge on any atom is -0.377 e. The van der Waals surface area contributed by atoms with Crippen LogP contribution in [0.15, 0.2) is 6.20 Å². The lowest BCUT2D eigenvalue weighted by Crippen LogP contribution is -2.27. The average molecular weight is 256 g/mol. The fourth-order valence-corrected chi connectivity index (χ4v) is 2.07. The van der Waals surface area contributed by atoms with Gasteiger partial charge in [0.1, 0.15) is 12.2 Å². The summed E-state index contributed by atoms with van der Waals surface area (Å²) >= 11 is 0. The van der Waals surface area contributed by atoms with Crippen LogP contribution in [-0.2, 0) is 9.47 Å². The second-order valence-corrected chi connectivity index (χ2v) is 4.07. The van der Waals surface area contributed by atoms with Gasteiger partial charge in [-0.25, -0.2) is 9.37 Å². The highest BCUT2D eigenvalue weighted by Crippen LogP contribution is 2.24. The van der Waals surface area contributed by atoms with E-state index in [0.717, 1.165) is 6.20 Å². The molecule has 2 atom stereocenters. The van der Waals surface area contributed by atoms with Crippen LogP contribution in [-0.4, -0.2) is 56.5 Å². The Kier molecular flexibility index (Phi) is 3.93. The molecule has 2 heterocycles. The summed E-state index contributed by atoms with van der Waals surface area (Å²) in [6, 6.07) is 0. The fourth-order valence-electron chi connectivity index (χ4n) is 2.07. The van der Waals surface area contributed by atoms with Gasteiger partial charge < -0.3 is 19.7 Å². The Hall–Kier alpha value is -1.47. The highest BCUT2D eigenvalue weighted by Gasteiger charge is 2.34. The molecule has 1 aliphatic heterocycles. The number of methoxy groups -OCH3 is 2. The molecule has 1 aromatic rings. The third-order valence-electron chi connectivity index (χ3n) is 3.07. The van der Waals surface area contributed by atoms with Crippen LogP contribution in [0.2, 0.25) is 0 Å². The highest BCUT2D eigenvalue weighted by molar-refractivity contribution is 5.45. The molecule has 2 rings (SSSR count). The smallest absolute Gasteiger partial charge is 0.224 e. The van der Waals surface area contributed by atoms with Gasteiger partial charge in [0.05, 0.1) is 6.20 Å². The standard InChI is InChI=1S/C11H17FN4O2/c1-13-11-14-4-7(12)10(15-11)16-5-8(17-2)9(6-16)18-3/h4,8-9H,5-6H2,1-3H3,(H,13,14,15). The first-order chi connectivity index (χ1) is 8.69. The first-order valence-electron chi connectivity index (χ1n) is 5.70. The SMILES string of the molecule is CNc1ncc(F)c(N2CC(OC)C(OC)C2)n1. The molecule has 0 aliphatic carbocycles. The molecule has 18 heavy (non-hydrogen) atoms. The number of nitrogens with one attached hydrogen (secondary N) is 1. The summed E-state index contributed by atoms with van der Waals surface area (Å²) in [6.45, 7) is 1.10. The molecule has 2 unspecified atom stereocenters. The van der Waals surface area contributed by atoms with Gasteiger partial charge in [0.15, 0.2) is 11.6 Å². The normalized spacial score (nSPS) is 23.4. The van der Waals surface area contributed by atoms with Crippen molar-refractivity contribution in [3.05, 3.63) is 12.0 Å². The second kappa shape index (κ2) is 5.45. The molecule has 7 heteroatoms. The van der Waals surface area contributed by atoms with E-state index in [1.807, 2.05) is 0 Å². The van der Waals surface area contributed by atoms with E-state index in [-0.39, 0.29) is 18.0 Å². The maximum Gasteiger partial charge on any atom is 0.224 e. The van der Waals surface area contributed by atoms with Crippen molar-refractivity contribution in [2.24, 2.45) is 0 Å². The van der Waals surface area contributed by atoms with Gasteiger partial charge >= 0.3 is 0 Å². The van der Waals surface area contributed by atoms with Crippen LogP contribution in [0.4, 0.5) is 16.2 Å². The lowest BCUT2D eigenvalue weighted by Gasteiger charge is -2.17. The minimum absolute atomic E-state index is 0.0811. The van der Waals surface area contributed by atoms with Crippen LogP contribution in [0.1, 0.15) is 0 Å². The number of hydrogen-bond donors (Lipinski definition) is 1. The Morgan fingerprint density at radius 1 is 1.33 bits per heavy atom. The van der Waals surface area contributed by atoms with Gasteiger partial charge in [0, 0.05) is 34.4 Å². The molecule has 0 saturated carbocycles. The third kappa shape index (κ3) is 2.37. The maximum atomic E-state index is 13.7. The maximum absolute atomic E-state index is 13.7. The molecule has 1 N–H and O–H groups in total. The van der Waals surface area contributed by atoms with Gasteiger partial charge in [-0.15, -0.1) is 0 Å². The Balaban J connectivity index is 2.22. The lowest BCUT2D eigenvalue weighted by atomic mass is 10.3. The van der Waals surface area contributed by atoms with Crippen molar-refractivity contribution in [1.29, 1.82) is 0 Å². The van der Waals surface area contributed by atoms with Crippen LogP contribution in [0.5, 0.6) is 0 Å². The predicted molar refractivity (Wildman–Crippen MR) is 65.3 cm³/mol. The summed E-state index contributed by atoms with van der Waals surface area (Å²) in [5.41, 5.74) is 0. The van der Waals surface area contributed by atoms with Crippen molar-refractivity contribution in [3.63, 3.8) is 0 Å². The summed E-state index contributed by atoms with van der Waals surface area (Å²) in [4.78, 5) is 9.75. The molecule has 1 aliphatic rings. The van der Waals surface area contributed by atoms with Crippen molar-refractivity contribution < 1.29 is 13.9 Å². The van der Waals surface area contributed by atoms with E-state index in [1.54, 1.807) is 26.2 Å². The van der Waals surface area contributed by atoms with E-state index in [2.05, 4.69) is 15.3 Å². The van der Waals surface area contributed by atoms with E-state index in [9.17, 15) is 4.39 Å². The monoisotopic (exact) mass is 256 g/mol. The van der Waals surface area contributed by atoms with Gasteiger partial charge in [-0.05, 0) is 0 Å². The zero-order valence-corrected chi connectivity index (χ0v) is 10.7. The number of nitrogens with zero attached hydrogens (tertiary/aromatic N) is 3. The molecule has 0 radical (unpaired) electrons. The molecule has 0 amide bonds. The van der Waals surface area contributed by atoms with Crippen LogP contribution >= 0.6 is 0 Å². The summed E-state index contributed by atoms with van der Waals surface area (Å²) in [7, 11) is 4.93. The zero-order chi connectivity index (χ0) is 13.1.